The quantitative estimate of drug-likeness (QED) is 0.745. The minimum Gasteiger partial charge on any atom is -0.291 e. The molecule has 1 N–H and O–H groups in total. The molecular formula is C8H14N4S. The Balaban J connectivity index is 2.20. The molecule has 4 nitrogen and oxygen atoms in total. The first kappa shape index (κ1) is 8.90. The molecule has 1 aliphatic carbocycles. The predicted octanol–water partition coefficient (Wildman–Crippen LogP) is 1.34. The Morgan fingerprint density at radius 1 is 1.62 bits per heavy atom. The molecule has 0 saturated heterocycles. The smallest absolute Gasteiger partial charge is 0.217 e. The predicted molar refractivity (Wildman–Crippen MR) is 53.1 cm³/mol. The highest BCUT2D eigenvalue weighted by Crippen LogP contribution is 2.37. The van der Waals surface area contributed by atoms with E-state index in [2.05, 4.69) is 15.0 Å². The molecule has 0 unspecified atom stereocenters. The SMILES string of the molecule is CN(C)Cn1[nH]c(C2CC2)nc1=S. The average molecular weight is 198 g/mol. The van der Waals surface area contributed by atoms with Gasteiger partial charge in [-0.25, -0.2) is 9.67 Å². The standard InChI is InChI=1S/C8H14N4S/c1-11(2)5-12-8(13)9-7(10-12)6-3-4-6/h6H,3-5H2,1-2H3,(H,9,10,13). The van der Waals surface area contributed by atoms with Crippen molar-refractivity contribution in [1.82, 2.24) is 19.7 Å². The number of nitrogens with one attached hydrogen (secondary N) is 1. The molecule has 0 bridgehead atoms. The molecular weight excluding hydrogens is 184 g/mol. The lowest BCUT2D eigenvalue weighted by atomic mass is 10.4. The summed E-state index contributed by atoms with van der Waals surface area (Å²) in [5, 5.41) is 3.23. The molecule has 0 atom stereocenters. The van der Waals surface area contributed by atoms with Crippen LogP contribution in [-0.2, 0) is 6.67 Å². The van der Waals surface area contributed by atoms with Gasteiger partial charge in [0.25, 0.3) is 0 Å². The van der Waals surface area contributed by atoms with E-state index in [1.54, 1.807) is 0 Å². The molecule has 0 amide bonds. The van der Waals surface area contributed by atoms with Crippen LogP contribution in [0.15, 0.2) is 0 Å². The Morgan fingerprint density at radius 3 is 2.85 bits per heavy atom. The van der Waals surface area contributed by atoms with E-state index in [1.807, 2.05) is 18.8 Å². The summed E-state index contributed by atoms with van der Waals surface area (Å²) in [6, 6.07) is 0. The van der Waals surface area contributed by atoms with Crippen molar-refractivity contribution in [2.45, 2.75) is 25.4 Å². The minimum absolute atomic E-state index is 0.644. The highest BCUT2D eigenvalue weighted by atomic mass is 32.1. The van der Waals surface area contributed by atoms with Crippen LogP contribution in [0, 0.1) is 4.77 Å². The molecule has 0 aromatic carbocycles. The van der Waals surface area contributed by atoms with E-state index in [0.717, 1.165) is 12.5 Å². The zero-order valence-electron chi connectivity index (χ0n) is 7.95. The molecule has 1 aromatic rings. The Hall–Kier alpha value is -0.680. The van der Waals surface area contributed by atoms with E-state index >= 15 is 0 Å². The lowest BCUT2D eigenvalue weighted by Crippen LogP contribution is -2.17. The maximum absolute atomic E-state index is 5.13. The van der Waals surface area contributed by atoms with Crippen LogP contribution in [0.5, 0.6) is 0 Å². The summed E-state index contributed by atoms with van der Waals surface area (Å²) in [5.41, 5.74) is 0. The Morgan fingerprint density at radius 2 is 2.31 bits per heavy atom. The van der Waals surface area contributed by atoms with Gasteiger partial charge in [-0.05, 0) is 39.2 Å². The van der Waals surface area contributed by atoms with Crippen LogP contribution >= 0.6 is 12.2 Å². The summed E-state index contributed by atoms with van der Waals surface area (Å²) < 4.78 is 2.57. The van der Waals surface area contributed by atoms with E-state index in [-0.39, 0.29) is 0 Å². The first-order chi connectivity index (χ1) is 6.16. The second-order valence-electron chi connectivity index (χ2n) is 3.81. The molecule has 0 aliphatic heterocycles. The fraction of sp³-hybridized carbons (Fsp3) is 0.750. The number of hydrogen-bond donors (Lipinski definition) is 1. The van der Waals surface area contributed by atoms with Crippen molar-refractivity contribution in [3.05, 3.63) is 10.6 Å². The van der Waals surface area contributed by atoms with E-state index in [0.29, 0.717) is 10.7 Å². The van der Waals surface area contributed by atoms with Gasteiger partial charge in [0, 0.05) is 5.92 Å². The van der Waals surface area contributed by atoms with Crippen LogP contribution in [0.3, 0.4) is 0 Å². The molecule has 1 aromatic heterocycles. The third-order valence-electron chi connectivity index (χ3n) is 2.08. The van der Waals surface area contributed by atoms with Gasteiger partial charge in [0.2, 0.25) is 4.77 Å². The van der Waals surface area contributed by atoms with Crippen molar-refractivity contribution < 1.29 is 0 Å². The molecule has 0 radical (unpaired) electrons. The van der Waals surface area contributed by atoms with Gasteiger partial charge in [0.1, 0.15) is 5.82 Å². The van der Waals surface area contributed by atoms with Crippen LogP contribution in [0.2, 0.25) is 0 Å². The minimum atomic E-state index is 0.644. The van der Waals surface area contributed by atoms with Gasteiger partial charge in [-0.3, -0.25) is 10.00 Å². The molecule has 0 spiro atoms. The highest BCUT2D eigenvalue weighted by Gasteiger charge is 2.26. The first-order valence-electron chi connectivity index (χ1n) is 4.48. The molecule has 5 heteroatoms. The zero-order valence-corrected chi connectivity index (χ0v) is 8.77. The lowest BCUT2D eigenvalue weighted by Gasteiger charge is -2.08. The van der Waals surface area contributed by atoms with Gasteiger partial charge in [-0.15, -0.1) is 0 Å². The van der Waals surface area contributed by atoms with Crippen LogP contribution in [-0.4, -0.2) is 33.8 Å². The van der Waals surface area contributed by atoms with Crippen molar-refractivity contribution in [2.75, 3.05) is 14.1 Å². The van der Waals surface area contributed by atoms with E-state index in [1.165, 1.54) is 12.8 Å². The third kappa shape index (κ3) is 1.97. The number of rotatable bonds is 3. The molecule has 1 aliphatic rings. The van der Waals surface area contributed by atoms with Crippen molar-refractivity contribution >= 4 is 12.2 Å². The Bertz CT molecular complexity index is 347. The molecule has 72 valence electrons. The van der Waals surface area contributed by atoms with E-state index in [4.69, 9.17) is 12.2 Å². The normalized spacial score (nSPS) is 16.8. The van der Waals surface area contributed by atoms with Crippen LogP contribution < -0.4 is 0 Å². The van der Waals surface area contributed by atoms with Gasteiger partial charge < -0.3 is 0 Å². The van der Waals surface area contributed by atoms with Crippen LogP contribution in [0.25, 0.3) is 0 Å². The summed E-state index contributed by atoms with van der Waals surface area (Å²) in [6.07, 6.45) is 2.51. The fourth-order valence-electron chi connectivity index (χ4n) is 1.29. The molecule has 1 fully saturated rings. The zero-order chi connectivity index (χ0) is 9.42. The lowest BCUT2D eigenvalue weighted by molar-refractivity contribution is 0.303. The maximum Gasteiger partial charge on any atom is 0.217 e. The van der Waals surface area contributed by atoms with Gasteiger partial charge in [-0.2, -0.15) is 0 Å². The summed E-state index contributed by atoms with van der Waals surface area (Å²) >= 11 is 5.13. The van der Waals surface area contributed by atoms with Crippen molar-refractivity contribution in [3.63, 3.8) is 0 Å². The van der Waals surface area contributed by atoms with Crippen molar-refractivity contribution in [2.24, 2.45) is 0 Å². The van der Waals surface area contributed by atoms with E-state index in [9.17, 15) is 0 Å². The number of aromatic nitrogens is 3. The number of nitrogens with zero attached hydrogens (tertiary/aromatic N) is 3. The van der Waals surface area contributed by atoms with Gasteiger partial charge in [0.15, 0.2) is 0 Å². The second kappa shape index (κ2) is 3.23. The van der Waals surface area contributed by atoms with Crippen LogP contribution in [0.1, 0.15) is 24.6 Å². The summed E-state index contributed by atoms with van der Waals surface area (Å²) in [7, 11) is 4.03. The topological polar surface area (TPSA) is 36.9 Å². The number of hydrogen-bond acceptors (Lipinski definition) is 3. The Labute approximate surface area is 82.6 Å². The van der Waals surface area contributed by atoms with Gasteiger partial charge >= 0.3 is 0 Å². The first-order valence-corrected chi connectivity index (χ1v) is 4.89. The monoisotopic (exact) mass is 198 g/mol. The summed E-state index contributed by atoms with van der Waals surface area (Å²) in [5.74, 6) is 1.71. The third-order valence-corrected chi connectivity index (χ3v) is 2.40. The van der Waals surface area contributed by atoms with Crippen molar-refractivity contribution in [1.29, 1.82) is 0 Å². The fourth-order valence-corrected chi connectivity index (χ4v) is 1.49. The molecule has 13 heavy (non-hydrogen) atoms. The van der Waals surface area contributed by atoms with Gasteiger partial charge in [0.05, 0.1) is 6.67 Å². The summed E-state index contributed by atoms with van der Waals surface area (Å²) in [6.45, 7) is 0.776. The van der Waals surface area contributed by atoms with E-state index < -0.39 is 0 Å². The Kier molecular flexibility index (Phi) is 2.21. The molecule has 1 saturated carbocycles. The van der Waals surface area contributed by atoms with Gasteiger partial charge in [-0.1, -0.05) is 0 Å². The largest absolute Gasteiger partial charge is 0.291 e. The highest BCUT2D eigenvalue weighted by molar-refractivity contribution is 7.71. The summed E-state index contributed by atoms with van der Waals surface area (Å²) in [4.78, 5) is 6.38. The van der Waals surface area contributed by atoms with Crippen molar-refractivity contribution in [3.8, 4) is 0 Å². The number of aromatic amines is 1. The van der Waals surface area contributed by atoms with Crippen LogP contribution in [0.4, 0.5) is 0 Å². The maximum atomic E-state index is 5.13. The average Bonchev–Trinajstić information content (AvgIpc) is 2.79. The molecule has 1 heterocycles. The second-order valence-corrected chi connectivity index (χ2v) is 4.18. The number of H-pyrrole nitrogens is 1. The molecule has 2 rings (SSSR count).